The topological polar surface area (TPSA) is 17.8 Å². The summed E-state index contributed by atoms with van der Waals surface area (Å²) in [6.45, 7) is 7.57. The Morgan fingerprint density at radius 3 is 2.67 bits per heavy atom. The number of aromatic nitrogens is 2. The fourth-order valence-corrected chi connectivity index (χ4v) is 1.34. The molecule has 12 heavy (non-hydrogen) atoms. The molecule has 0 aliphatic heterocycles. The molecule has 1 heterocycles. The molecule has 0 amide bonds. The predicted molar refractivity (Wildman–Crippen MR) is 51.2 cm³/mol. The van der Waals surface area contributed by atoms with Gasteiger partial charge in [-0.2, -0.15) is 0 Å². The third-order valence-corrected chi connectivity index (χ3v) is 1.85. The SMILES string of the molecule is CC(C)(C)Cn1cncc1CCl. The number of rotatable bonds is 2. The van der Waals surface area contributed by atoms with E-state index in [0.29, 0.717) is 5.88 Å². The molecule has 3 heteroatoms. The van der Waals surface area contributed by atoms with Gasteiger partial charge in [0.2, 0.25) is 0 Å². The normalized spacial score (nSPS) is 12.0. The van der Waals surface area contributed by atoms with Gasteiger partial charge in [0.1, 0.15) is 0 Å². The van der Waals surface area contributed by atoms with Gasteiger partial charge in [-0.15, -0.1) is 11.6 Å². The highest BCUT2D eigenvalue weighted by atomic mass is 35.5. The second-order valence-electron chi connectivity index (χ2n) is 4.21. The first-order chi connectivity index (χ1) is 5.53. The summed E-state index contributed by atoms with van der Waals surface area (Å²) >= 11 is 5.74. The molecular weight excluding hydrogens is 172 g/mol. The molecule has 0 saturated heterocycles. The van der Waals surface area contributed by atoms with Crippen molar-refractivity contribution >= 4 is 11.6 Å². The van der Waals surface area contributed by atoms with Crippen LogP contribution in [0.2, 0.25) is 0 Å². The number of alkyl halides is 1. The van der Waals surface area contributed by atoms with E-state index in [1.54, 1.807) is 0 Å². The molecule has 0 aliphatic carbocycles. The summed E-state index contributed by atoms with van der Waals surface area (Å²) in [4.78, 5) is 4.06. The van der Waals surface area contributed by atoms with Gasteiger partial charge in [0, 0.05) is 12.7 Å². The summed E-state index contributed by atoms with van der Waals surface area (Å²) in [5.74, 6) is 0.538. The molecule has 0 aromatic carbocycles. The lowest BCUT2D eigenvalue weighted by atomic mass is 9.97. The van der Waals surface area contributed by atoms with Crippen molar-refractivity contribution in [2.45, 2.75) is 33.2 Å². The van der Waals surface area contributed by atoms with E-state index >= 15 is 0 Å². The summed E-state index contributed by atoms with van der Waals surface area (Å²) in [6, 6.07) is 0. The molecule has 0 fully saturated rings. The van der Waals surface area contributed by atoms with E-state index in [1.165, 1.54) is 0 Å². The zero-order chi connectivity index (χ0) is 9.19. The average Bonchev–Trinajstić information content (AvgIpc) is 2.31. The van der Waals surface area contributed by atoms with Crippen LogP contribution >= 0.6 is 11.6 Å². The van der Waals surface area contributed by atoms with Crippen molar-refractivity contribution in [3.8, 4) is 0 Å². The van der Waals surface area contributed by atoms with Gasteiger partial charge in [0.05, 0.1) is 17.9 Å². The summed E-state index contributed by atoms with van der Waals surface area (Å²) < 4.78 is 2.10. The van der Waals surface area contributed by atoms with Crippen LogP contribution in [0.4, 0.5) is 0 Å². The van der Waals surface area contributed by atoms with Gasteiger partial charge in [-0.25, -0.2) is 4.98 Å². The Morgan fingerprint density at radius 2 is 2.17 bits per heavy atom. The van der Waals surface area contributed by atoms with E-state index in [2.05, 4.69) is 30.3 Å². The van der Waals surface area contributed by atoms with E-state index in [9.17, 15) is 0 Å². The Bertz CT molecular complexity index is 247. The second-order valence-corrected chi connectivity index (χ2v) is 4.47. The third-order valence-electron chi connectivity index (χ3n) is 1.58. The first-order valence-electron chi connectivity index (χ1n) is 4.08. The Labute approximate surface area is 78.6 Å². The van der Waals surface area contributed by atoms with E-state index in [0.717, 1.165) is 12.2 Å². The molecule has 0 unspecified atom stereocenters. The van der Waals surface area contributed by atoms with Crippen LogP contribution in [0.25, 0.3) is 0 Å². The Hall–Kier alpha value is -0.500. The molecule has 1 aromatic rings. The van der Waals surface area contributed by atoms with Gasteiger partial charge in [-0.1, -0.05) is 20.8 Å². The molecule has 0 aliphatic rings. The number of hydrogen-bond donors (Lipinski definition) is 0. The molecule has 1 rings (SSSR count). The summed E-state index contributed by atoms with van der Waals surface area (Å²) in [5.41, 5.74) is 1.37. The van der Waals surface area contributed by atoms with Crippen molar-refractivity contribution in [1.82, 2.24) is 9.55 Å². The first kappa shape index (κ1) is 9.59. The minimum atomic E-state index is 0.279. The summed E-state index contributed by atoms with van der Waals surface area (Å²) in [7, 11) is 0. The van der Waals surface area contributed by atoms with Crippen LogP contribution in [0.5, 0.6) is 0 Å². The van der Waals surface area contributed by atoms with E-state index in [1.807, 2.05) is 12.5 Å². The number of hydrogen-bond acceptors (Lipinski definition) is 1. The van der Waals surface area contributed by atoms with Crippen LogP contribution in [0, 0.1) is 5.41 Å². The van der Waals surface area contributed by atoms with Crippen LogP contribution in [0.1, 0.15) is 26.5 Å². The van der Waals surface area contributed by atoms with Gasteiger partial charge in [-0.3, -0.25) is 0 Å². The van der Waals surface area contributed by atoms with E-state index in [4.69, 9.17) is 11.6 Å². The fourth-order valence-electron chi connectivity index (χ4n) is 1.11. The van der Waals surface area contributed by atoms with Crippen molar-refractivity contribution in [2.75, 3.05) is 0 Å². The van der Waals surface area contributed by atoms with Crippen molar-refractivity contribution in [3.63, 3.8) is 0 Å². The highest BCUT2D eigenvalue weighted by molar-refractivity contribution is 6.16. The van der Waals surface area contributed by atoms with Crippen LogP contribution in [0.15, 0.2) is 12.5 Å². The van der Waals surface area contributed by atoms with Gasteiger partial charge in [-0.05, 0) is 5.41 Å². The van der Waals surface area contributed by atoms with Crippen LogP contribution < -0.4 is 0 Å². The van der Waals surface area contributed by atoms with Crippen molar-refractivity contribution in [2.24, 2.45) is 5.41 Å². The minimum absolute atomic E-state index is 0.279. The van der Waals surface area contributed by atoms with Crippen LogP contribution in [0.3, 0.4) is 0 Å². The zero-order valence-corrected chi connectivity index (χ0v) is 8.60. The maximum Gasteiger partial charge on any atom is 0.0948 e. The van der Waals surface area contributed by atoms with Gasteiger partial charge in [0.15, 0.2) is 0 Å². The highest BCUT2D eigenvalue weighted by Crippen LogP contribution is 2.17. The lowest BCUT2D eigenvalue weighted by Gasteiger charge is -2.19. The Balaban J connectivity index is 2.75. The van der Waals surface area contributed by atoms with Crippen molar-refractivity contribution in [3.05, 3.63) is 18.2 Å². The second kappa shape index (κ2) is 3.48. The van der Waals surface area contributed by atoms with E-state index in [-0.39, 0.29) is 5.41 Å². The smallest absolute Gasteiger partial charge is 0.0948 e. The largest absolute Gasteiger partial charge is 0.333 e. The lowest BCUT2D eigenvalue weighted by Crippen LogP contribution is -2.16. The molecule has 68 valence electrons. The lowest BCUT2D eigenvalue weighted by molar-refractivity contribution is 0.340. The maximum absolute atomic E-state index is 5.74. The number of nitrogens with zero attached hydrogens (tertiary/aromatic N) is 2. The van der Waals surface area contributed by atoms with Crippen molar-refractivity contribution < 1.29 is 0 Å². The molecule has 0 N–H and O–H groups in total. The first-order valence-corrected chi connectivity index (χ1v) is 4.61. The molecule has 0 radical (unpaired) electrons. The average molecular weight is 187 g/mol. The molecule has 0 bridgehead atoms. The predicted octanol–water partition coefficient (Wildman–Crippen LogP) is 2.67. The van der Waals surface area contributed by atoms with Gasteiger partial charge >= 0.3 is 0 Å². The van der Waals surface area contributed by atoms with Crippen LogP contribution in [-0.4, -0.2) is 9.55 Å². The van der Waals surface area contributed by atoms with Crippen molar-refractivity contribution in [1.29, 1.82) is 0 Å². The maximum atomic E-state index is 5.74. The Morgan fingerprint density at radius 1 is 1.50 bits per heavy atom. The number of halogens is 1. The molecule has 2 nitrogen and oxygen atoms in total. The molecular formula is C9H15ClN2. The highest BCUT2D eigenvalue weighted by Gasteiger charge is 2.12. The minimum Gasteiger partial charge on any atom is -0.333 e. The molecule has 0 saturated carbocycles. The molecule has 0 atom stereocenters. The zero-order valence-electron chi connectivity index (χ0n) is 7.84. The van der Waals surface area contributed by atoms with Gasteiger partial charge in [0.25, 0.3) is 0 Å². The molecule has 1 aromatic heterocycles. The molecule has 0 spiro atoms. The summed E-state index contributed by atoms with van der Waals surface area (Å²) in [6.07, 6.45) is 3.65. The van der Waals surface area contributed by atoms with E-state index < -0.39 is 0 Å². The summed E-state index contributed by atoms with van der Waals surface area (Å²) in [5, 5.41) is 0. The monoisotopic (exact) mass is 186 g/mol. The Kier molecular flexibility index (Phi) is 2.78. The van der Waals surface area contributed by atoms with Gasteiger partial charge < -0.3 is 4.57 Å². The van der Waals surface area contributed by atoms with Crippen LogP contribution in [-0.2, 0) is 12.4 Å². The third kappa shape index (κ3) is 2.52. The standard InChI is InChI=1S/C9H15ClN2/c1-9(2,3)6-12-7-11-5-8(12)4-10/h5,7H,4,6H2,1-3H3. The quantitative estimate of drug-likeness (QED) is 0.650. The number of imidazole rings is 1. The fraction of sp³-hybridized carbons (Fsp3) is 0.667.